The second kappa shape index (κ2) is 6.92. The van der Waals surface area contributed by atoms with E-state index in [1.54, 1.807) is 4.90 Å². The van der Waals surface area contributed by atoms with Crippen molar-refractivity contribution in [2.45, 2.75) is 19.5 Å². The predicted octanol–water partition coefficient (Wildman–Crippen LogP) is 0.465. The molecule has 0 bridgehead atoms. The van der Waals surface area contributed by atoms with Crippen LogP contribution in [-0.2, 0) is 9.59 Å². The molecule has 1 rings (SSSR count). The first-order valence-electron chi connectivity index (χ1n) is 6.49. The summed E-state index contributed by atoms with van der Waals surface area (Å²) in [4.78, 5) is 26.3. The standard InChI is InChI=1S/C12H20F3N3O2/c1-9(19)18-6-5-17(4-3-12(13,14)15)7-10(8-18)11(20)16-2/h10H,3-8H2,1-2H3,(H,16,20)/t10-/m1/s1. The molecule has 0 saturated carbocycles. The predicted molar refractivity (Wildman–Crippen MR) is 66.9 cm³/mol. The lowest BCUT2D eigenvalue weighted by atomic mass is 10.1. The second-order valence-electron chi connectivity index (χ2n) is 4.94. The highest BCUT2D eigenvalue weighted by atomic mass is 19.4. The molecule has 0 aromatic heterocycles. The Kier molecular flexibility index (Phi) is 5.79. The van der Waals surface area contributed by atoms with Gasteiger partial charge < -0.3 is 15.1 Å². The van der Waals surface area contributed by atoms with Crippen molar-refractivity contribution in [2.75, 3.05) is 39.8 Å². The number of carbonyl (C=O) groups excluding carboxylic acids is 2. The number of hydrogen-bond donors (Lipinski definition) is 1. The highest BCUT2D eigenvalue weighted by Gasteiger charge is 2.32. The van der Waals surface area contributed by atoms with E-state index in [1.165, 1.54) is 18.9 Å². The summed E-state index contributed by atoms with van der Waals surface area (Å²) < 4.78 is 36.8. The Labute approximate surface area is 116 Å². The first kappa shape index (κ1) is 16.7. The molecule has 1 heterocycles. The summed E-state index contributed by atoms with van der Waals surface area (Å²) in [7, 11) is 1.48. The zero-order valence-electron chi connectivity index (χ0n) is 11.7. The fourth-order valence-corrected chi connectivity index (χ4v) is 2.22. The summed E-state index contributed by atoms with van der Waals surface area (Å²) >= 11 is 0. The van der Waals surface area contributed by atoms with Crippen molar-refractivity contribution in [3.8, 4) is 0 Å². The van der Waals surface area contributed by atoms with Crippen LogP contribution < -0.4 is 5.32 Å². The Morgan fingerprint density at radius 3 is 2.40 bits per heavy atom. The molecule has 0 aliphatic carbocycles. The maximum Gasteiger partial charge on any atom is 0.390 e. The molecule has 0 spiro atoms. The van der Waals surface area contributed by atoms with Gasteiger partial charge in [0.15, 0.2) is 0 Å². The van der Waals surface area contributed by atoms with Crippen LogP contribution in [0, 0.1) is 5.92 Å². The molecule has 20 heavy (non-hydrogen) atoms. The second-order valence-corrected chi connectivity index (χ2v) is 4.94. The smallest absolute Gasteiger partial charge is 0.359 e. The first-order chi connectivity index (χ1) is 9.23. The van der Waals surface area contributed by atoms with E-state index in [2.05, 4.69) is 5.32 Å². The van der Waals surface area contributed by atoms with Crippen molar-refractivity contribution >= 4 is 11.8 Å². The summed E-state index contributed by atoms with van der Waals surface area (Å²) in [5, 5.41) is 2.49. The molecular formula is C12H20F3N3O2. The van der Waals surface area contributed by atoms with E-state index in [9.17, 15) is 22.8 Å². The Morgan fingerprint density at radius 1 is 1.25 bits per heavy atom. The molecule has 1 atom stereocenters. The number of carbonyl (C=O) groups is 2. The van der Waals surface area contributed by atoms with Crippen LogP contribution in [0.4, 0.5) is 13.2 Å². The number of nitrogens with one attached hydrogen (secondary N) is 1. The topological polar surface area (TPSA) is 52.7 Å². The highest BCUT2D eigenvalue weighted by Crippen LogP contribution is 2.21. The number of nitrogens with zero attached hydrogens (tertiary/aromatic N) is 2. The van der Waals surface area contributed by atoms with Crippen molar-refractivity contribution in [1.29, 1.82) is 0 Å². The van der Waals surface area contributed by atoms with Gasteiger partial charge >= 0.3 is 6.18 Å². The van der Waals surface area contributed by atoms with Crippen LogP contribution in [0.15, 0.2) is 0 Å². The van der Waals surface area contributed by atoms with Crippen molar-refractivity contribution in [3.05, 3.63) is 0 Å². The molecule has 1 saturated heterocycles. The lowest BCUT2D eigenvalue weighted by Crippen LogP contribution is -2.41. The van der Waals surface area contributed by atoms with Crippen molar-refractivity contribution in [3.63, 3.8) is 0 Å². The average molecular weight is 295 g/mol. The Balaban J connectivity index is 2.69. The van der Waals surface area contributed by atoms with Crippen LogP contribution in [-0.4, -0.2) is 67.6 Å². The summed E-state index contributed by atoms with van der Waals surface area (Å²) in [5.41, 5.74) is 0. The molecule has 1 N–H and O–H groups in total. The van der Waals surface area contributed by atoms with Gasteiger partial charge in [-0.25, -0.2) is 0 Å². The SMILES string of the molecule is CNC(=O)[C@@H]1CN(CCC(F)(F)F)CCN(C(C)=O)C1. The Bertz CT molecular complexity index is 360. The lowest BCUT2D eigenvalue weighted by molar-refractivity contribution is -0.138. The number of hydrogen-bond acceptors (Lipinski definition) is 3. The highest BCUT2D eigenvalue weighted by molar-refractivity contribution is 5.80. The molecule has 2 amide bonds. The third kappa shape index (κ3) is 5.36. The van der Waals surface area contributed by atoms with Crippen LogP contribution >= 0.6 is 0 Å². The zero-order chi connectivity index (χ0) is 15.3. The minimum atomic E-state index is -4.21. The van der Waals surface area contributed by atoms with Gasteiger partial charge in [-0.2, -0.15) is 13.2 Å². The van der Waals surface area contributed by atoms with E-state index in [1.807, 2.05) is 0 Å². The van der Waals surface area contributed by atoms with Crippen LogP contribution in [0.5, 0.6) is 0 Å². The van der Waals surface area contributed by atoms with Crippen molar-refractivity contribution < 1.29 is 22.8 Å². The summed E-state index contributed by atoms with van der Waals surface area (Å²) in [6.07, 6.45) is -5.12. The van der Waals surface area contributed by atoms with Crippen LogP contribution in [0.2, 0.25) is 0 Å². The maximum atomic E-state index is 12.3. The molecule has 1 fully saturated rings. The summed E-state index contributed by atoms with van der Waals surface area (Å²) in [6, 6.07) is 0. The van der Waals surface area contributed by atoms with Gasteiger partial charge in [-0.3, -0.25) is 9.59 Å². The molecule has 0 unspecified atom stereocenters. The van der Waals surface area contributed by atoms with Gasteiger partial charge in [-0.1, -0.05) is 0 Å². The lowest BCUT2D eigenvalue weighted by Gasteiger charge is -2.23. The monoisotopic (exact) mass is 295 g/mol. The molecule has 1 aliphatic heterocycles. The molecule has 5 nitrogen and oxygen atoms in total. The van der Waals surface area contributed by atoms with Gasteiger partial charge in [0.05, 0.1) is 12.3 Å². The molecule has 1 aliphatic rings. The molecule has 0 radical (unpaired) electrons. The van der Waals surface area contributed by atoms with Gasteiger partial charge in [-0.15, -0.1) is 0 Å². The average Bonchev–Trinajstić information content (AvgIpc) is 2.57. The van der Waals surface area contributed by atoms with Gasteiger partial charge in [0.2, 0.25) is 11.8 Å². The van der Waals surface area contributed by atoms with Crippen LogP contribution in [0.3, 0.4) is 0 Å². The third-order valence-corrected chi connectivity index (χ3v) is 3.38. The van der Waals surface area contributed by atoms with Gasteiger partial charge in [0.1, 0.15) is 0 Å². The third-order valence-electron chi connectivity index (χ3n) is 3.38. The van der Waals surface area contributed by atoms with Gasteiger partial charge in [0, 0.05) is 46.7 Å². The number of rotatable bonds is 3. The number of halogens is 3. The minimum absolute atomic E-state index is 0.150. The van der Waals surface area contributed by atoms with Crippen LogP contribution in [0.25, 0.3) is 0 Å². The fraction of sp³-hybridized carbons (Fsp3) is 0.833. The van der Waals surface area contributed by atoms with Gasteiger partial charge in [-0.05, 0) is 0 Å². The van der Waals surface area contributed by atoms with Gasteiger partial charge in [0.25, 0.3) is 0 Å². The number of amides is 2. The minimum Gasteiger partial charge on any atom is -0.359 e. The van der Waals surface area contributed by atoms with E-state index >= 15 is 0 Å². The fourth-order valence-electron chi connectivity index (χ4n) is 2.22. The largest absolute Gasteiger partial charge is 0.390 e. The maximum absolute atomic E-state index is 12.3. The molecule has 0 aromatic carbocycles. The quantitative estimate of drug-likeness (QED) is 0.823. The molecule has 8 heteroatoms. The normalized spacial score (nSPS) is 21.4. The Morgan fingerprint density at radius 2 is 1.90 bits per heavy atom. The first-order valence-corrected chi connectivity index (χ1v) is 6.49. The summed E-state index contributed by atoms with van der Waals surface area (Å²) in [6.45, 7) is 2.43. The van der Waals surface area contributed by atoms with E-state index in [0.29, 0.717) is 13.1 Å². The van der Waals surface area contributed by atoms with Crippen LogP contribution in [0.1, 0.15) is 13.3 Å². The molecule has 0 aromatic rings. The van der Waals surface area contributed by atoms with E-state index in [4.69, 9.17) is 0 Å². The molecular weight excluding hydrogens is 275 g/mol. The van der Waals surface area contributed by atoms with E-state index in [-0.39, 0.29) is 31.4 Å². The van der Waals surface area contributed by atoms with Crippen molar-refractivity contribution in [2.24, 2.45) is 5.92 Å². The number of alkyl halides is 3. The van der Waals surface area contributed by atoms with E-state index in [0.717, 1.165) is 0 Å². The molecule has 116 valence electrons. The van der Waals surface area contributed by atoms with Crippen molar-refractivity contribution in [1.82, 2.24) is 15.1 Å². The van der Waals surface area contributed by atoms with E-state index < -0.39 is 18.5 Å². The summed E-state index contributed by atoms with van der Waals surface area (Å²) in [5.74, 6) is -0.925. The zero-order valence-corrected chi connectivity index (χ0v) is 11.7. The Hall–Kier alpha value is -1.31.